The van der Waals surface area contributed by atoms with Gasteiger partial charge in [0.05, 0.1) is 0 Å². The first kappa shape index (κ1) is 12.7. The predicted octanol–water partition coefficient (Wildman–Crippen LogP) is 4.88. The highest BCUT2D eigenvalue weighted by Crippen LogP contribution is 2.34. The zero-order valence-corrected chi connectivity index (χ0v) is 12.5. The lowest BCUT2D eigenvalue weighted by molar-refractivity contribution is 0.287. The molecule has 1 aromatic rings. The van der Waals surface area contributed by atoms with Crippen LogP contribution in [0.5, 0.6) is 0 Å². The van der Waals surface area contributed by atoms with E-state index in [0.29, 0.717) is 11.3 Å². The second-order valence-electron chi connectivity index (χ2n) is 5.02. The molecular formula is C14H18ClI. The molecule has 1 aliphatic rings. The minimum absolute atomic E-state index is 0.385. The van der Waals surface area contributed by atoms with E-state index in [1.54, 1.807) is 0 Å². The molecule has 3 atom stereocenters. The molecule has 0 bridgehead atoms. The Kier molecular flexibility index (Phi) is 4.54. The Balaban J connectivity index is 2.00. The molecule has 1 fully saturated rings. The van der Waals surface area contributed by atoms with Crippen molar-refractivity contribution in [1.82, 2.24) is 0 Å². The van der Waals surface area contributed by atoms with Crippen LogP contribution in [-0.2, 0) is 6.42 Å². The van der Waals surface area contributed by atoms with Gasteiger partial charge in [0.2, 0.25) is 0 Å². The molecule has 0 amide bonds. The first-order valence-corrected chi connectivity index (χ1v) is 7.55. The number of halogens is 2. The molecule has 0 radical (unpaired) electrons. The number of alkyl halides is 1. The first-order valence-electron chi connectivity index (χ1n) is 6.03. The molecule has 1 aliphatic carbocycles. The SMILES string of the molecule is CC1CCC(Cl)C(Cc2ccc(I)cc2)C1. The lowest BCUT2D eigenvalue weighted by Crippen LogP contribution is -2.25. The highest BCUT2D eigenvalue weighted by atomic mass is 127. The number of hydrogen-bond donors (Lipinski definition) is 0. The van der Waals surface area contributed by atoms with Crippen LogP contribution in [0.2, 0.25) is 0 Å². The maximum Gasteiger partial charge on any atom is 0.0367 e. The second kappa shape index (κ2) is 5.72. The highest BCUT2D eigenvalue weighted by molar-refractivity contribution is 14.1. The van der Waals surface area contributed by atoms with Crippen molar-refractivity contribution in [2.24, 2.45) is 11.8 Å². The Hall–Kier alpha value is 0.240. The second-order valence-corrected chi connectivity index (χ2v) is 6.83. The smallest absolute Gasteiger partial charge is 0.0367 e. The quantitative estimate of drug-likeness (QED) is 0.528. The maximum absolute atomic E-state index is 6.43. The molecule has 1 aromatic carbocycles. The van der Waals surface area contributed by atoms with Gasteiger partial charge in [-0.25, -0.2) is 0 Å². The van der Waals surface area contributed by atoms with Gasteiger partial charge < -0.3 is 0 Å². The number of hydrogen-bond acceptors (Lipinski definition) is 0. The van der Waals surface area contributed by atoms with Crippen LogP contribution in [0.25, 0.3) is 0 Å². The number of rotatable bonds is 2. The molecule has 0 saturated heterocycles. The molecule has 0 spiro atoms. The van der Waals surface area contributed by atoms with E-state index < -0.39 is 0 Å². The van der Waals surface area contributed by atoms with Crippen LogP contribution < -0.4 is 0 Å². The van der Waals surface area contributed by atoms with Gasteiger partial charge in [0.15, 0.2) is 0 Å². The molecule has 0 aromatic heterocycles. The van der Waals surface area contributed by atoms with Gasteiger partial charge in [0, 0.05) is 8.95 Å². The van der Waals surface area contributed by atoms with Crippen molar-refractivity contribution >= 4 is 34.2 Å². The van der Waals surface area contributed by atoms with Gasteiger partial charge in [0.25, 0.3) is 0 Å². The third-order valence-corrected chi connectivity index (χ3v) is 4.86. The van der Waals surface area contributed by atoms with Gasteiger partial charge in [0.1, 0.15) is 0 Å². The fraction of sp³-hybridized carbons (Fsp3) is 0.571. The summed E-state index contributed by atoms with van der Waals surface area (Å²) < 4.78 is 1.31. The minimum Gasteiger partial charge on any atom is -0.123 e. The highest BCUT2D eigenvalue weighted by Gasteiger charge is 2.26. The molecule has 88 valence electrons. The van der Waals surface area contributed by atoms with E-state index in [1.807, 2.05) is 0 Å². The Morgan fingerprint density at radius 3 is 2.62 bits per heavy atom. The normalized spacial score (nSPS) is 30.3. The summed E-state index contributed by atoms with van der Waals surface area (Å²) in [6, 6.07) is 8.85. The average Bonchev–Trinajstić information content (AvgIpc) is 2.27. The van der Waals surface area contributed by atoms with Crippen molar-refractivity contribution in [1.29, 1.82) is 0 Å². The van der Waals surface area contributed by atoms with Crippen molar-refractivity contribution in [2.45, 2.75) is 38.0 Å². The predicted molar refractivity (Wildman–Crippen MR) is 79.0 cm³/mol. The van der Waals surface area contributed by atoms with Crippen LogP contribution in [-0.4, -0.2) is 5.38 Å². The van der Waals surface area contributed by atoms with Crippen molar-refractivity contribution in [3.05, 3.63) is 33.4 Å². The zero-order valence-electron chi connectivity index (χ0n) is 9.63. The number of benzene rings is 1. The molecule has 2 rings (SSSR count). The van der Waals surface area contributed by atoms with Crippen molar-refractivity contribution in [3.63, 3.8) is 0 Å². The Labute approximate surface area is 117 Å². The molecule has 0 nitrogen and oxygen atoms in total. The summed E-state index contributed by atoms with van der Waals surface area (Å²) in [7, 11) is 0. The van der Waals surface area contributed by atoms with Gasteiger partial charge >= 0.3 is 0 Å². The van der Waals surface area contributed by atoms with E-state index in [-0.39, 0.29) is 0 Å². The lowest BCUT2D eigenvalue weighted by Gasteiger charge is -2.31. The summed E-state index contributed by atoms with van der Waals surface area (Å²) in [5, 5.41) is 0.385. The summed E-state index contributed by atoms with van der Waals surface area (Å²) in [6.45, 7) is 2.35. The molecule has 0 N–H and O–H groups in total. The van der Waals surface area contributed by atoms with Crippen LogP contribution in [0.3, 0.4) is 0 Å². The fourth-order valence-corrected chi connectivity index (χ4v) is 3.27. The van der Waals surface area contributed by atoms with Gasteiger partial charge in [-0.1, -0.05) is 19.1 Å². The third kappa shape index (κ3) is 3.36. The zero-order chi connectivity index (χ0) is 11.5. The van der Waals surface area contributed by atoms with E-state index in [2.05, 4.69) is 53.8 Å². The molecule has 0 aliphatic heterocycles. The molecular weight excluding hydrogens is 331 g/mol. The summed E-state index contributed by atoms with van der Waals surface area (Å²) >= 11 is 8.78. The monoisotopic (exact) mass is 348 g/mol. The van der Waals surface area contributed by atoms with Crippen molar-refractivity contribution in [3.8, 4) is 0 Å². The fourth-order valence-electron chi connectivity index (χ4n) is 2.60. The first-order chi connectivity index (χ1) is 7.65. The Morgan fingerprint density at radius 2 is 1.94 bits per heavy atom. The van der Waals surface area contributed by atoms with Crippen LogP contribution in [0.1, 0.15) is 31.7 Å². The lowest BCUT2D eigenvalue weighted by atomic mass is 9.79. The van der Waals surface area contributed by atoms with Crippen LogP contribution in [0.4, 0.5) is 0 Å². The minimum atomic E-state index is 0.385. The van der Waals surface area contributed by atoms with Crippen LogP contribution in [0, 0.1) is 15.4 Å². The van der Waals surface area contributed by atoms with E-state index in [4.69, 9.17) is 11.6 Å². The van der Waals surface area contributed by atoms with Crippen LogP contribution >= 0.6 is 34.2 Å². The van der Waals surface area contributed by atoms with Gasteiger partial charge in [-0.3, -0.25) is 0 Å². The van der Waals surface area contributed by atoms with E-state index in [0.717, 1.165) is 12.3 Å². The van der Waals surface area contributed by atoms with E-state index in [1.165, 1.54) is 28.4 Å². The largest absolute Gasteiger partial charge is 0.123 e. The summed E-state index contributed by atoms with van der Waals surface area (Å²) in [5.74, 6) is 1.52. The van der Waals surface area contributed by atoms with Crippen molar-refractivity contribution < 1.29 is 0 Å². The van der Waals surface area contributed by atoms with Crippen molar-refractivity contribution in [2.75, 3.05) is 0 Å². The Bertz CT molecular complexity index is 333. The van der Waals surface area contributed by atoms with Gasteiger partial charge in [-0.05, 0) is 77.8 Å². The maximum atomic E-state index is 6.43. The van der Waals surface area contributed by atoms with E-state index >= 15 is 0 Å². The topological polar surface area (TPSA) is 0 Å². The summed E-state index contributed by atoms with van der Waals surface area (Å²) in [5.41, 5.74) is 1.44. The van der Waals surface area contributed by atoms with Gasteiger partial charge in [-0.2, -0.15) is 0 Å². The molecule has 2 heteroatoms. The third-order valence-electron chi connectivity index (χ3n) is 3.56. The average molecular weight is 349 g/mol. The summed E-state index contributed by atoms with van der Waals surface area (Å²) in [4.78, 5) is 0. The molecule has 16 heavy (non-hydrogen) atoms. The Morgan fingerprint density at radius 1 is 1.25 bits per heavy atom. The molecule has 0 heterocycles. The molecule has 1 saturated carbocycles. The summed E-state index contributed by atoms with van der Waals surface area (Å²) in [6.07, 6.45) is 4.94. The molecule has 3 unspecified atom stereocenters. The standard InChI is InChI=1S/C14H18ClI/c1-10-2-7-14(15)12(8-10)9-11-3-5-13(16)6-4-11/h3-6,10,12,14H,2,7-9H2,1H3. The van der Waals surface area contributed by atoms with Gasteiger partial charge in [-0.15, -0.1) is 11.6 Å². The van der Waals surface area contributed by atoms with E-state index in [9.17, 15) is 0 Å². The van der Waals surface area contributed by atoms with Crippen LogP contribution in [0.15, 0.2) is 24.3 Å².